The summed E-state index contributed by atoms with van der Waals surface area (Å²) in [4.78, 5) is 32.5. The van der Waals surface area contributed by atoms with E-state index in [1.165, 1.54) is 22.2 Å². The van der Waals surface area contributed by atoms with Gasteiger partial charge in [-0.3, -0.25) is 14.2 Å². The summed E-state index contributed by atoms with van der Waals surface area (Å²) in [6.07, 6.45) is 5.78. The molecule has 0 unspecified atom stereocenters. The van der Waals surface area contributed by atoms with Crippen LogP contribution in [0.15, 0.2) is 28.6 Å². The molecule has 0 bridgehead atoms. The number of thiophene rings is 2. The average Bonchev–Trinajstić information content (AvgIpc) is 3.22. The summed E-state index contributed by atoms with van der Waals surface area (Å²) in [6, 6.07) is 3.93. The van der Waals surface area contributed by atoms with Gasteiger partial charge < -0.3 is 5.32 Å². The van der Waals surface area contributed by atoms with Gasteiger partial charge in [0.05, 0.1) is 18.3 Å². The average molecular weight is 359 g/mol. The van der Waals surface area contributed by atoms with E-state index in [1.54, 1.807) is 22.7 Å². The van der Waals surface area contributed by atoms with Gasteiger partial charge in [-0.1, -0.05) is 6.07 Å². The van der Waals surface area contributed by atoms with E-state index < -0.39 is 0 Å². The molecule has 4 rings (SSSR count). The molecule has 1 amide bonds. The van der Waals surface area contributed by atoms with Gasteiger partial charge in [-0.25, -0.2) is 4.98 Å². The molecule has 3 heterocycles. The molecule has 0 fully saturated rings. The fraction of sp³-hybridized carbons (Fsp3) is 0.353. The highest BCUT2D eigenvalue weighted by atomic mass is 32.1. The highest BCUT2D eigenvalue weighted by Gasteiger charge is 2.20. The Labute approximate surface area is 147 Å². The normalized spacial score (nSPS) is 13.8. The van der Waals surface area contributed by atoms with Gasteiger partial charge in [-0.05, 0) is 42.7 Å². The largest absolute Gasteiger partial charge is 0.350 e. The van der Waals surface area contributed by atoms with Crippen LogP contribution in [-0.4, -0.2) is 15.5 Å². The Hall–Kier alpha value is -1.99. The van der Waals surface area contributed by atoms with Crippen molar-refractivity contribution in [1.29, 1.82) is 0 Å². The van der Waals surface area contributed by atoms with Gasteiger partial charge in [-0.15, -0.1) is 22.7 Å². The summed E-state index contributed by atoms with van der Waals surface area (Å²) < 4.78 is 1.42. The molecule has 24 heavy (non-hydrogen) atoms. The molecule has 3 aromatic heterocycles. The quantitative estimate of drug-likeness (QED) is 0.779. The fourth-order valence-corrected chi connectivity index (χ4v) is 4.97. The summed E-state index contributed by atoms with van der Waals surface area (Å²) in [5.41, 5.74) is 1.07. The molecule has 1 aliphatic carbocycles. The molecule has 0 saturated carbocycles. The Morgan fingerprint density at radius 1 is 1.33 bits per heavy atom. The van der Waals surface area contributed by atoms with E-state index >= 15 is 0 Å². The molecule has 1 aliphatic rings. The third-order valence-corrected chi connectivity index (χ3v) is 6.37. The zero-order valence-corrected chi connectivity index (χ0v) is 14.7. The van der Waals surface area contributed by atoms with Crippen LogP contribution in [0, 0.1) is 0 Å². The Bertz CT molecular complexity index is 941. The van der Waals surface area contributed by atoms with Crippen molar-refractivity contribution in [1.82, 2.24) is 14.9 Å². The number of hydrogen-bond acceptors (Lipinski definition) is 5. The first kappa shape index (κ1) is 15.5. The monoisotopic (exact) mass is 359 g/mol. The van der Waals surface area contributed by atoms with Crippen LogP contribution in [0.4, 0.5) is 0 Å². The second-order valence-electron chi connectivity index (χ2n) is 5.92. The molecule has 0 spiro atoms. The number of fused-ring (bicyclic) bond motifs is 3. The highest BCUT2D eigenvalue weighted by molar-refractivity contribution is 7.18. The summed E-state index contributed by atoms with van der Waals surface area (Å²) in [7, 11) is 0. The summed E-state index contributed by atoms with van der Waals surface area (Å²) in [6.45, 7) is 0.506. The Balaban J connectivity index is 1.57. The summed E-state index contributed by atoms with van der Waals surface area (Å²) in [5.74, 6) is -0.171. The van der Waals surface area contributed by atoms with E-state index in [0.717, 1.165) is 39.9 Å². The van der Waals surface area contributed by atoms with Crippen molar-refractivity contribution in [2.45, 2.75) is 38.8 Å². The van der Waals surface area contributed by atoms with Gasteiger partial charge in [0.2, 0.25) is 5.91 Å². The molecule has 7 heteroatoms. The maximum atomic E-state index is 12.8. The van der Waals surface area contributed by atoms with Gasteiger partial charge in [0.1, 0.15) is 11.4 Å². The summed E-state index contributed by atoms with van der Waals surface area (Å²) in [5, 5.41) is 5.55. The zero-order valence-electron chi connectivity index (χ0n) is 13.1. The van der Waals surface area contributed by atoms with Crippen molar-refractivity contribution < 1.29 is 4.79 Å². The molecule has 0 saturated heterocycles. The first-order valence-electron chi connectivity index (χ1n) is 8.01. The number of hydrogen-bond donors (Lipinski definition) is 1. The van der Waals surface area contributed by atoms with Crippen molar-refractivity contribution in [3.05, 3.63) is 49.5 Å². The Morgan fingerprint density at radius 2 is 2.21 bits per heavy atom. The SMILES string of the molecule is O=C(Cn1cnc2sc3c(c2c1=O)CCCC3)NCc1cccs1. The van der Waals surface area contributed by atoms with Crippen LogP contribution in [0.2, 0.25) is 0 Å². The standard InChI is InChI=1S/C17H17N3O2S2/c21-14(18-8-11-4-3-7-23-11)9-20-10-19-16-15(17(20)22)12-5-1-2-6-13(12)24-16/h3-4,7,10H,1-2,5-6,8-9H2,(H,18,21). The molecular weight excluding hydrogens is 342 g/mol. The third kappa shape index (κ3) is 2.89. The van der Waals surface area contributed by atoms with Crippen LogP contribution in [0.25, 0.3) is 10.2 Å². The number of rotatable bonds is 4. The minimum absolute atomic E-state index is 0.0117. The number of carbonyl (C=O) groups excluding carboxylic acids is 1. The number of carbonyl (C=O) groups is 1. The predicted molar refractivity (Wildman–Crippen MR) is 96.7 cm³/mol. The zero-order chi connectivity index (χ0) is 16.5. The second kappa shape index (κ2) is 6.49. The first-order valence-corrected chi connectivity index (χ1v) is 9.71. The topological polar surface area (TPSA) is 64.0 Å². The molecule has 124 valence electrons. The smallest absolute Gasteiger partial charge is 0.262 e. The van der Waals surface area contributed by atoms with Crippen LogP contribution >= 0.6 is 22.7 Å². The van der Waals surface area contributed by atoms with E-state index in [-0.39, 0.29) is 18.0 Å². The van der Waals surface area contributed by atoms with Gasteiger partial charge in [0.25, 0.3) is 5.56 Å². The lowest BCUT2D eigenvalue weighted by atomic mass is 9.97. The first-order chi connectivity index (χ1) is 11.7. The second-order valence-corrected chi connectivity index (χ2v) is 8.04. The number of aryl methyl sites for hydroxylation is 2. The lowest BCUT2D eigenvalue weighted by Gasteiger charge is -2.10. The minimum atomic E-state index is -0.171. The maximum absolute atomic E-state index is 12.8. The van der Waals surface area contributed by atoms with Crippen molar-refractivity contribution in [3.8, 4) is 0 Å². The van der Waals surface area contributed by atoms with Gasteiger partial charge in [0, 0.05) is 9.75 Å². The van der Waals surface area contributed by atoms with E-state index in [2.05, 4.69) is 10.3 Å². The predicted octanol–water partition coefficient (Wildman–Crippen LogP) is 2.71. The fourth-order valence-electron chi connectivity index (χ4n) is 3.10. The van der Waals surface area contributed by atoms with Gasteiger partial charge in [-0.2, -0.15) is 0 Å². The molecule has 0 atom stereocenters. The van der Waals surface area contributed by atoms with E-state index in [0.29, 0.717) is 6.54 Å². The van der Waals surface area contributed by atoms with Crippen LogP contribution in [0.1, 0.15) is 28.2 Å². The molecule has 3 aromatic rings. The van der Waals surface area contributed by atoms with Crippen LogP contribution < -0.4 is 10.9 Å². The van der Waals surface area contributed by atoms with Gasteiger partial charge >= 0.3 is 0 Å². The molecule has 1 N–H and O–H groups in total. The molecular formula is C17H17N3O2S2. The van der Waals surface area contributed by atoms with Crippen molar-refractivity contribution in [3.63, 3.8) is 0 Å². The van der Waals surface area contributed by atoms with Crippen LogP contribution in [-0.2, 0) is 30.7 Å². The van der Waals surface area contributed by atoms with Crippen molar-refractivity contribution in [2.24, 2.45) is 0 Å². The molecule has 0 aliphatic heterocycles. The highest BCUT2D eigenvalue weighted by Crippen LogP contribution is 2.33. The molecule has 5 nitrogen and oxygen atoms in total. The molecule has 0 aromatic carbocycles. The van der Waals surface area contributed by atoms with Crippen LogP contribution in [0.3, 0.4) is 0 Å². The Kier molecular flexibility index (Phi) is 4.20. The van der Waals surface area contributed by atoms with Crippen molar-refractivity contribution in [2.75, 3.05) is 0 Å². The lowest BCUT2D eigenvalue weighted by Crippen LogP contribution is -2.32. The number of nitrogens with zero attached hydrogens (tertiary/aromatic N) is 2. The van der Waals surface area contributed by atoms with E-state index in [4.69, 9.17) is 0 Å². The maximum Gasteiger partial charge on any atom is 0.262 e. The van der Waals surface area contributed by atoms with Crippen LogP contribution in [0.5, 0.6) is 0 Å². The van der Waals surface area contributed by atoms with Gasteiger partial charge in [0.15, 0.2) is 0 Å². The minimum Gasteiger partial charge on any atom is -0.350 e. The van der Waals surface area contributed by atoms with E-state index in [1.807, 2.05) is 17.5 Å². The lowest BCUT2D eigenvalue weighted by molar-refractivity contribution is -0.121. The Morgan fingerprint density at radius 3 is 3.04 bits per heavy atom. The van der Waals surface area contributed by atoms with Crippen molar-refractivity contribution >= 4 is 38.8 Å². The number of aromatic nitrogens is 2. The summed E-state index contributed by atoms with van der Waals surface area (Å²) >= 11 is 3.22. The third-order valence-electron chi connectivity index (χ3n) is 4.30. The number of amides is 1. The molecule has 0 radical (unpaired) electrons. The number of nitrogens with one attached hydrogen (secondary N) is 1. The van der Waals surface area contributed by atoms with E-state index in [9.17, 15) is 9.59 Å².